The molecule has 1 aliphatic rings. The van der Waals surface area contributed by atoms with Gasteiger partial charge in [-0.15, -0.1) is 0 Å². The van der Waals surface area contributed by atoms with Crippen molar-refractivity contribution in [2.45, 2.75) is 38.3 Å². The molecule has 5 nitrogen and oxygen atoms in total. The van der Waals surface area contributed by atoms with Crippen LogP contribution < -0.4 is 16.4 Å². The lowest BCUT2D eigenvalue weighted by molar-refractivity contribution is 0.188. The Morgan fingerprint density at radius 3 is 3.07 bits per heavy atom. The van der Waals surface area contributed by atoms with Crippen LogP contribution >= 0.6 is 0 Å². The zero-order valence-electron chi connectivity index (χ0n) is 9.29. The van der Waals surface area contributed by atoms with E-state index in [1.165, 1.54) is 0 Å². The lowest BCUT2D eigenvalue weighted by atomic mass is 10.2. The van der Waals surface area contributed by atoms with Crippen LogP contribution in [0.2, 0.25) is 0 Å². The molecule has 1 rings (SSSR count). The fourth-order valence-electron chi connectivity index (χ4n) is 1.60. The Hall–Kier alpha value is -0.810. The summed E-state index contributed by atoms with van der Waals surface area (Å²) in [6.45, 7) is 4.03. The molecule has 1 fully saturated rings. The molecule has 88 valence electrons. The lowest BCUT2D eigenvalue weighted by Crippen LogP contribution is -2.45. The van der Waals surface area contributed by atoms with Crippen LogP contribution in [0.5, 0.6) is 0 Å². The number of carbonyl (C=O) groups excluding carboxylic acids is 1. The van der Waals surface area contributed by atoms with Crippen molar-refractivity contribution in [2.24, 2.45) is 5.73 Å². The average Bonchev–Trinajstić information content (AvgIpc) is 2.67. The smallest absolute Gasteiger partial charge is 0.315 e. The Kier molecular flexibility index (Phi) is 5.42. The highest BCUT2D eigenvalue weighted by Crippen LogP contribution is 2.03. The van der Waals surface area contributed by atoms with Crippen LogP contribution in [0.25, 0.3) is 0 Å². The zero-order chi connectivity index (χ0) is 11.1. The first-order valence-corrected chi connectivity index (χ1v) is 5.57. The summed E-state index contributed by atoms with van der Waals surface area (Å²) in [5, 5.41) is 5.76. The van der Waals surface area contributed by atoms with Crippen molar-refractivity contribution >= 4 is 6.03 Å². The van der Waals surface area contributed by atoms with E-state index >= 15 is 0 Å². The van der Waals surface area contributed by atoms with Crippen LogP contribution in [0, 0.1) is 0 Å². The molecule has 1 heterocycles. The molecule has 1 aliphatic heterocycles. The summed E-state index contributed by atoms with van der Waals surface area (Å²) < 4.78 is 5.17. The van der Waals surface area contributed by atoms with E-state index in [1.807, 2.05) is 6.92 Å². The third-order valence-electron chi connectivity index (χ3n) is 2.48. The fraction of sp³-hybridized carbons (Fsp3) is 0.900. The molecule has 2 amide bonds. The van der Waals surface area contributed by atoms with E-state index in [0.29, 0.717) is 13.2 Å². The molecule has 4 N–H and O–H groups in total. The van der Waals surface area contributed by atoms with Gasteiger partial charge in [0.05, 0.1) is 12.6 Å². The van der Waals surface area contributed by atoms with E-state index in [9.17, 15) is 4.79 Å². The Morgan fingerprint density at radius 1 is 1.67 bits per heavy atom. The molecule has 0 aromatic rings. The molecule has 0 saturated carbocycles. The maximum absolute atomic E-state index is 11.5. The molecule has 0 radical (unpaired) electrons. The fourth-order valence-corrected chi connectivity index (χ4v) is 1.60. The number of nitrogens with two attached hydrogens (primary N) is 1. The predicted molar refractivity (Wildman–Crippen MR) is 58.6 cm³/mol. The van der Waals surface area contributed by atoms with Crippen molar-refractivity contribution in [3.63, 3.8) is 0 Å². The van der Waals surface area contributed by atoms with E-state index < -0.39 is 0 Å². The quantitative estimate of drug-likeness (QED) is 0.613. The van der Waals surface area contributed by atoms with Gasteiger partial charge < -0.3 is 21.1 Å². The monoisotopic (exact) mass is 215 g/mol. The van der Waals surface area contributed by atoms with Crippen LogP contribution in [0.4, 0.5) is 4.79 Å². The van der Waals surface area contributed by atoms with Crippen molar-refractivity contribution in [3.05, 3.63) is 0 Å². The molecule has 0 bridgehead atoms. The molecule has 0 spiro atoms. The second kappa shape index (κ2) is 6.63. The number of carbonyl (C=O) groups is 1. The largest absolute Gasteiger partial charge is 0.379 e. The Balaban J connectivity index is 2.11. The minimum absolute atomic E-state index is 0.102. The van der Waals surface area contributed by atoms with Crippen LogP contribution in [-0.4, -0.2) is 37.9 Å². The van der Waals surface area contributed by atoms with Gasteiger partial charge in [-0.25, -0.2) is 4.79 Å². The van der Waals surface area contributed by atoms with Crippen molar-refractivity contribution < 1.29 is 9.53 Å². The van der Waals surface area contributed by atoms with Gasteiger partial charge >= 0.3 is 6.03 Å². The van der Waals surface area contributed by atoms with E-state index in [-0.39, 0.29) is 18.1 Å². The molecule has 1 saturated heterocycles. The Morgan fingerprint density at radius 2 is 2.47 bits per heavy atom. The highest BCUT2D eigenvalue weighted by atomic mass is 16.5. The summed E-state index contributed by atoms with van der Waals surface area (Å²) in [5.41, 5.74) is 5.39. The van der Waals surface area contributed by atoms with E-state index in [1.54, 1.807) is 0 Å². The summed E-state index contributed by atoms with van der Waals surface area (Å²) in [7, 11) is 0. The summed E-state index contributed by atoms with van der Waals surface area (Å²) in [6.07, 6.45) is 2.77. The number of urea groups is 1. The minimum Gasteiger partial charge on any atom is -0.379 e. The molecule has 0 aliphatic carbocycles. The molecule has 2 atom stereocenters. The lowest BCUT2D eigenvalue weighted by Gasteiger charge is -2.16. The maximum atomic E-state index is 11.5. The number of hydrogen-bond donors (Lipinski definition) is 3. The first kappa shape index (κ1) is 12.3. The number of ether oxygens (including phenoxy) is 1. The van der Waals surface area contributed by atoms with Gasteiger partial charge in [0.15, 0.2) is 0 Å². The van der Waals surface area contributed by atoms with Crippen LogP contribution in [-0.2, 0) is 4.74 Å². The van der Waals surface area contributed by atoms with E-state index in [4.69, 9.17) is 10.5 Å². The Labute approximate surface area is 90.7 Å². The number of amides is 2. The average molecular weight is 215 g/mol. The van der Waals surface area contributed by atoms with Gasteiger partial charge in [0.25, 0.3) is 0 Å². The molecule has 5 heteroatoms. The van der Waals surface area contributed by atoms with E-state index in [0.717, 1.165) is 25.9 Å². The normalized spacial score (nSPS) is 22.4. The molecule has 0 aromatic carbocycles. The SMILES string of the molecule is CC(CCCN)NC(=O)NC1CCOC1. The van der Waals surface area contributed by atoms with Gasteiger partial charge in [-0.3, -0.25) is 0 Å². The third kappa shape index (κ3) is 4.99. The summed E-state index contributed by atoms with van der Waals surface area (Å²) in [4.78, 5) is 11.5. The summed E-state index contributed by atoms with van der Waals surface area (Å²) in [5.74, 6) is 0. The van der Waals surface area contributed by atoms with Crippen molar-refractivity contribution in [3.8, 4) is 0 Å². The van der Waals surface area contributed by atoms with Gasteiger partial charge in [-0.1, -0.05) is 0 Å². The number of rotatable bonds is 5. The van der Waals surface area contributed by atoms with Gasteiger partial charge in [0.1, 0.15) is 0 Å². The molecule has 2 unspecified atom stereocenters. The maximum Gasteiger partial charge on any atom is 0.315 e. The first-order chi connectivity index (χ1) is 7.22. The third-order valence-corrected chi connectivity index (χ3v) is 2.48. The van der Waals surface area contributed by atoms with Gasteiger partial charge in [0, 0.05) is 12.6 Å². The topological polar surface area (TPSA) is 76.4 Å². The van der Waals surface area contributed by atoms with Gasteiger partial charge in [-0.05, 0) is 32.7 Å². The van der Waals surface area contributed by atoms with Crippen molar-refractivity contribution in [2.75, 3.05) is 19.8 Å². The first-order valence-electron chi connectivity index (χ1n) is 5.57. The second-order valence-electron chi connectivity index (χ2n) is 4.01. The van der Waals surface area contributed by atoms with Gasteiger partial charge in [-0.2, -0.15) is 0 Å². The molecule has 0 aromatic heterocycles. The number of hydrogen-bond acceptors (Lipinski definition) is 3. The summed E-state index contributed by atoms with van der Waals surface area (Å²) >= 11 is 0. The molecule has 15 heavy (non-hydrogen) atoms. The van der Waals surface area contributed by atoms with Crippen LogP contribution in [0.1, 0.15) is 26.2 Å². The van der Waals surface area contributed by atoms with Crippen LogP contribution in [0.3, 0.4) is 0 Å². The van der Waals surface area contributed by atoms with Gasteiger partial charge in [0.2, 0.25) is 0 Å². The molecular weight excluding hydrogens is 194 g/mol. The summed E-state index contributed by atoms with van der Waals surface area (Å²) in [6, 6.07) is 0.248. The minimum atomic E-state index is -0.102. The van der Waals surface area contributed by atoms with E-state index in [2.05, 4.69) is 10.6 Å². The second-order valence-corrected chi connectivity index (χ2v) is 4.01. The van der Waals surface area contributed by atoms with Crippen LogP contribution in [0.15, 0.2) is 0 Å². The Bertz CT molecular complexity index is 193. The predicted octanol–water partition coefficient (Wildman–Crippen LogP) is 0.202. The number of nitrogens with one attached hydrogen (secondary N) is 2. The van der Waals surface area contributed by atoms with Crippen molar-refractivity contribution in [1.29, 1.82) is 0 Å². The standard InChI is InChI=1S/C10H21N3O2/c1-8(3-2-5-11)12-10(14)13-9-4-6-15-7-9/h8-9H,2-7,11H2,1H3,(H2,12,13,14). The molecular formula is C10H21N3O2. The van der Waals surface area contributed by atoms with Crippen molar-refractivity contribution in [1.82, 2.24) is 10.6 Å². The zero-order valence-corrected chi connectivity index (χ0v) is 9.29. The highest BCUT2D eigenvalue weighted by molar-refractivity contribution is 5.74. The highest BCUT2D eigenvalue weighted by Gasteiger charge is 2.18.